The quantitative estimate of drug-likeness (QED) is 0.629. The van der Waals surface area contributed by atoms with Gasteiger partial charge in [0.15, 0.2) is 0 Å². The Labute approximate surface area is 115 Å². The molecule has 0 amide bonds. The van der Waals surface area contributed by atoms with Crippen molar-refractivity contribution < 1.29 is 13.9 Å². The van der Waals surface area contributed by atoms with Crippen molar-refractivity contribution in [2.45, 2.75) is 19.6 Å². The van der Waals surface area contributed by atoms with Crippen molar-refractivity contribution in [2.24, 2.45) is 0 Å². The zero-order valence-corrected chi connectivity index (χ0v) is 11.0. The topological polar surface area (TPSA) is 42.4 Å². The number of carbonyl (C=O) groups excluding carboxylic acids is 1. The zero-order valence-electron chi connectivity index (χ0n) is 10.2. The molecule has 0 saturated carbocycles. The summed E-state index contributed by atoms with van der Waals surface area (Å²) < 4.78 is 17.5. The van der Waals surface area contributed by atoms with Gasteiger partial charge in [0, 0.05) is 25.0 Å². The van der Waals surface area contributed by atoms with Gasteiger partial charge in [0.2, 0.25) is 0 Å². The molecule has 2 heterocycles. The molecule has 2 rings (SSSR count). The second kappa shape index (κ2) is 5.84. The first kappa shape index (κ1) is 13.5. The molecule has 1 aliphatic heterocycles. The van der Waals surface area contributed by atoms with Crippen LogP contribution in [0.15, 0.2) is 42.6 Å². The van der Waals surface area contributed by atoms with Crippen LogP contribution in [0.5, 0.6) is 0 Å². The third kappa shape index (κ3) is 3.32. The van der Waals surface area contributed by atoms with Gasteiger partial charge in [-0.3, -0.25) is 0 Å². The van der Waals surface area contributed by atoms with Crippen LogP contribution in [0.3, 0.4) is 0 Å². The predicted molar refractivity (Wildman–Crippen MR) is 68.7 cm³/mol. The molecule has 0 bridgehead atoms. The molecular weight excluding hydrogens is 271 g/mol. The first-order valence-corrected chi connectivity index (χ1v) is 6.04. The highest BCUT2D eigenvalue weighted by molar-refractivity contribution is 6.29. The van der Waals surface area contributed by atoms with Crippen LogP contribution >= 0.6 is 11.6 Å². The molecular formula is C13H12ClFN2O2. The summed E-state index contributed by atoms with van der Waals surface area (Å²) in [5.41, 5.74) is 1.45. The third-order valence-electron chi connectivity index (χ3n) is 2.68. The van der Waals surface area contributed by atoms with Gasteiger partial charge in [0.05, 0.1) is 5.70 Å². The van der Waals surface area contributed by atoms with Gasteiger partial charge in [0.1, 0.15) is 17.6 Å². The van der Waals surface area contributed by atoms with Crippen LogP contribution < -0.4 is 0 Å². The molecule has 1 unspecified atom stereocenters. The smallest absolute Gasteiger partial charge is 0.333 e. The van der Waals surface area contributed by atoms with E-state index in [1.165, 1.54) is 12.3 Å². The van der Waals surface area contributed by atoms with Gasteiger partial charge in [-0.2, -0.15) is 0 Å². The zero-order chi connectivity index (χ0) is 13.8. The molecule has 0 saturated heterocycles. The highest BCUT2D eigenvalue weighted by atomic mass is 35.5. The van der Waals surface area contributed by atoms with E-state index < -0.39 is 12.1 Å². The highest BCUT2D eigenvalue weighted by Gasteiger charge is 2.25. The van der Waals surface area contributed by atoms with Crippen molar-refractivity contribution >= 4 is 17.6 Å². The van der Waals surface area contributed by atoms with Gasteiger partial charge in [-0.15, -0.1) is 0 Å². The maximum absolute atomic E-state index is 12.5. The number of carbonyl (C=O) groups is 1. The molecule has 0 spiro atoms. The Hall–Kier alpha value is -1.88. The number of esters is 1. The van der Waals surface area contributed by atoms with Crippen LogP contribution in [0.2, 0.25) is 5.15 Å². The monoisotopic (exact) mass is 282 g/mol. The van der Waals surface area contributed by atoms with Crippen LogP contribution in [0, 0.1) is 0 Å². The Balaban J connectivity index is 2.19. The molecule has 0 radical (unpaired) electrons. The molecule has 1 aromatic heterocycles. The Bertz CT molecular complexity index is 528. The molecule has 1 atom stereocenters. The molecule has 4 nitrogen and oxygen atoms in total. The summed E-state index contributed by atoms with van der Waals surface area (Å²) in [6.07, 6.45) is 4.22. The third-order valence-corrected chi connectivity index (χ3v) is 2.91. The lowest BCUT2D eigenvalue weighted by atomic mass is 10.2. The van der Waals surface area contributed by atoms with Crippen molar-refractivity contribution in [3.63, 3.8) is 0 Å². The molecule has 6 heteroatoms. The maximum Gasteiger partial charge on any atom is 0.333 e. The summed E-state index contributed by atoms with van der Waals surface area (Å²) in [7, 11) is 0. The average Bonchev–Trinajstić information content (AvgIpc) is 2.71. The van der Waals surface area contributed by atoms with E-state index in [2.05, 4.69) is 4.98 Å². The lowest BCUT2D eigenvalue weighted by molar-refractivity contribution is -0.138. The molecule has 100 valence electrons. The van der Waals surface area contributed by atoms with Crippen LogP contribution in [-0.2, 0) is 16.1 Å². The predicted octanol–water partition coefficient (Wildman–Crippen LogP) is 2.81. The fourth-order valence-electron chi connectivity index (χ4n) is 1.82. The van der Waals surface area contributed by atoms with Crippen LogP contribution in [-0.4, -0.2) is 22.0 Å². The van der Waals surface area contributed by atoms with E-state index in [0.29, 0.717) is 23.7 Å². The lowest BCUT2D eigenvalue weighted by Gasteiger charge is -2.23. The van der Waals surface area contributed by atoms with Crippen molar-refractivity contribution in [3.8, 4) is 0 Å². The van der Waals surface area contributed by atoms with Gasteiger partial charge in [-0.05, 0) is 18.6 Å². The number of aromatic nitrogens is 1. The minimum atomic E-state index is -0.422. The maximum atomic E-state index is 12.5. The number of nitrogens with zero attached hydrogens (tertiary/aromatic N) is 2. The van der Waals surface area contributed by atoms with E-state index in [1.54, 1.807) is 30.2 Å². The molecule has 0 aliphatic carbocycles. The van der Waals surface area contributed by atoms with E-state index >= 15 is 0 Å². The van der Waals surface area contributed by atoms with E-state index in [0.717, 1.165) is 5.56 Å². The SMILES string of the molecule is CC1OC(=O)C=C1N(/C=C/F)Cc1ccc(Cl)nc1. The summed E-state index contributed by atoms with van der Waals surface area (Å²) in [6.45, 7) is 2.10. The van der Waals surface area contributed by atoms with Crippen LogP contribution in [0.1, 0.15) is 12.5 Å². The van der Waals surface area contributed by atoms with Gasteiger partial charge < -0.3 is 9.64 Å². The minimum Gasteiger partial charge on any atom is -0.453 e. The Morgan fingerprint density at radius 3 is 2.89 bits per heavy atom. The number of cyclic esters (lactones) is 1. The standard InChI is InChI=1S/C13H12ClFN2O2/c1-9-11(6-13(18)19-9)17(5-4-15)8-10-2-3-12(14)16-7-10/h2-7,9H,8H2,1H3/b5-4+. The number of hydrogen-bond acceptors (Lipinski definition) is 4. The number of rotatable bonds is 4. The number of ether oxygens (including phenoxy) is 1. The molecule has 19 heavy (non-hydrogen) atoms. The van der Waals surface area contributed by atoms with Crippen molar-refractivity contribution in [2.75, 3.05) is 0 Å². The normalized spacial score (nSPS) is 18.6. The fourth-order valence-corrected chi connectivity index (χ4v) is 1.93. The summed E-state index contributed by atoms with van der Waals surface area (Å²) in [5, 5.41) is 0.392. The van der Waals surface area contributed by atoms with Gasteiger partial charge in [-0.25, -0.2) is 14.2 Å². The molecule has 1 aromatic rings. The summed E-state index contributed by atoms with van der Waals surface area (Å²) >= 11 is 5.70. The van der Waals surface area contributed by atoms with E-state index in [1.807, 2.05) is 0 Å². The van der Waals surface area contributed by atoms with Gasteiger partial charge in [-0.1, -0.05) is 17.7 Å². The van der Waals surface area contributed by atoms with E-state index in [9.17, 15) is 9.18 Å². The first-order valence-electron chi connectivity index (χ1n) is 5.66. The molecule has 1 aliphatic rings. The van der Waals surface area contributed by atoms with Crippen LogP contribution in [0.25, 0.3) is 0 Å². The van der Waals surface area contributed by atoms with Crippen molar-refractivity contribution in [3.05, 3.63) is 53.3 Å². The number of halogens is 2. The summed E-state index contributed by atoms with van der Waals surface area (Å²) in [6, 6.07) is 3.44. The first-order chi connectivity index (χ1) is 9.10. The second-order valence-electron chi connectivity index (χ2n) is 4.04. The summed E-state index contributed by atoms with van der Waals surface area (Å²) in [4.78, 5) is 16.8. The number of pyridine rings is 1. The largest absolute Gasteiger partial charge is 0.453 e. The Morgan fingerprint density at radius 1 is 1.58 bits per heavy atom. The molecule has 0 fully saturated rings. The Morgan fingerprint density at radius 2 is 2.37 bits per heavy atom. The van der Waals surface area contributed by atoms with Gasteiger partial charge in [0.25, 0.3) is 0 Å². The van der Waals surface area contributed by atoms with E-state index in [4.69, 9.17) is 16.3 Å². The van der Waals surface area contributed by atoms with Gasteiger partial charge >= 0.3 is 5.97 Å². The lowest BCUT2D eigenvalue weighted by Crippen LogP contribution is -2.22. The van der Waals surface area contributed by atoms with Crippen LogP contribution in [0.4, 0.5) is 4.39 Å². The second-order valence-corrected chi connectivity index (χ2v) is 4.43. The van der Waals surface area contributed by atoms with Crippen molar-refractivity contribution in [1.29, 1.82) is 0 Å². The summed E-state index contributed by atoms with van der Waals surface area (Å²) in [5.74, 6) is -0.422. The van der Waals surface area contributed by atoms with Crippen molar-refractivity contribution in [1.82, 2.24) is 9.88 Å². The minimum absolute atomic E-state index is 0.372. The average molecular weight is 283 g/mol. The fraction of sp³-hybridized carbons (Fsp3) is 0.231. The number of hydrogen-bond donors (Lipinski definition) is 0. The molecule has 0 N–H and O–H groups in total. The Kier molecular flexibility index (Phi) is 4.16. The molecule has 0 aromatic carbocycles. The van der Waals surface area contributed by atoms with E-state index in [-0.39, 0.29) is 0 Å². The highest BCUT2D eigenvalue weighted by Crippen LogP contribution is 2.22.